The average Bonchev–Trinajstić information content (AvgIpc) is 2.85. The van der Waals surface area contributed by atoms with Crippen LogP contribution in [-0.4, -0.2) is 28.5 Å². The Morgan fingerprint density at radius 2 is 2.12 bits per heavy atom. The molecule has 0 bridgehead atoms. The summed E-state index contributed by atoms with van der Waals surface area (Å²) in [5.41, 5.74) is 1.19. The Morgan fingerprint density at radius 1 is 1.29 bits per heavy atom. The first kappa shape index (κ1) is 12.7. The normalized spacial score (nSPS) is 10.5. The number of nitrogens with zero attached hydrogens (tertiary/aromatic N) is 3. The second-order valence-electron chi connectivity index (χ2n) is 3.13. The van der Waals surface area contributed by atoms with Crippen molar-refractivity contribution in [1.82, 2.24) is 15.2 Å². The van der Waals surface area contributed by atoms with Gasteiger partial charge < -0.3 is 5.32 Å². The Balaban J connectivity index is 1.92. The van der Waals surface area contributed by atoms with Crippen molar-refractivity contribution < 1.29 is 0 Å². The fourth-order valence-electron chi connectivity index (χ4n) is 1.14. The summed E-state index contributed by atoms with van der Waals surface area (Å²) in [6, 6.07) is 4.05. The highest BCUT2D eigenvalue weighted by molar-refractivity contribution is 8.02. The van der Waals surface area contributed by atoms with E-state index in [1.165, 1.54) is 5.56 Å². The van der Waals surface area contributed by atoms with Crippen LogP contribution in [0.5, 0.6) is 0 Å². The molecule has 2 aromatic heterocycles. The minimum absolute atomic E-state index is 0.875. The second kappa shape index (κ2) is 6.23. The van der Waals surface area contributed by atoms with Crippen molar-refractivity contribution in [3.05, 3.63) is 23.9 Å². The topological polar surface area (TPSA) is 50.7 Å². The summed E-state index contributed by atoms with van der Waals surface area (Å²) in [6.07, 6.45) is 3.89. The molecule has 0 aliphatic heterocycles. The van der Waals surface area contributed by atoms with Gasteiger partial charge in [-0.05, 0) is 17.9 Å². The lowest BCUT2D eigenvalue weighted by atomic mass is 10.3. The van der Waals surface area contributed by atoms with Crippen LogP contribution in [0.3, 0.4) is 0 Å². The van der Waals surface area contributed by atoms with Crippen LogP contribution in [0.2, 0.25) is 0 Å². The van der Waals surface area contributed by atoms with Gasteiger partial charge in [0.05, 0.1) is 0 Å². The number of nitrogens with one attached hydrogen (secondary N) is 1. The molecule has 0 amide bonds. The summed E-state index contributed by atoms with van der Waals surface area (Å²) in [7, 11) is 1.86. The zero-order valence-electron chi connectivity index (χ0n) is 9.51. The number of hydrogen-bond acceptors (Lipinski definition) is 7. The molecule has 4 nitrogen and oxygen atoms in total. The first-order chi connectivity index (χ1) is 8.31. The molecule has 2 aromatic rings. The maximum atomic E-state index is 4.27. The van der Waals surface area contributed by atoms with Gasteiger partial charge in [0.1, 0.15) is 5.82 Å². The van der Waals surface area contributed by atoms with Crippen LogP contribution in [0, 0.1) is 0 Å². The first-order valence-electron chi connectivity index (χ1n) is 4.95. The third-order valence-electron chi connectivity index (χ3n) is 2.01. The van der Waals surface area contributed by atoms with E-state index < -0.39 is 0 Å². The van der Waals surface area contributed by atoms with Crippen LogP contribution < -0.4 is 5.32 Å². The van der Waals surface area contributed by atoms with E-state index in [0.29, 0.717) is 0 Å². The van der Waals surface area contributed by atoms with Crippen molar-refractivity contribution in [3.8, 4) is 0 Å². The molecule has 0 unspecified atom stereocenters. The highest BCUT2D eigenvalue weighted by Gasteiger charge is 2.04. The van der Waals surface area contributed by atoms with Crippen LogP contribution >= 0.6 is 34.9 Å². The third kappa shape index (κ3) is 3.58. The molecule has 0 spiro atoms. The zero-order chi connectivity index (χ0) is 12.1. The number of rotatable bonds is 5. The Hall–Kier alpha value is -0.790. The van der Waals surface area contributed by atoms with Crippen LogP contribution in [0.25, 0.3) is 0 Å². The van der Waals surface area contributed by atoms with Crippen LogP contribution in [0.15, 0.2) is 27.0 Å². The van der Waals surface area contributed by atoms with E-state index in [4.69, 9.17) is 0 Å². The van der Waals surface area contributed by atoms with Crippen molar-refractivity contribution in [2.24, 2.45) is 0 Å². The van der Waals surface area contributed by atoms with E-state index in [2.05, 4.69) is 26.6 Å². The maximum Gasteiger partial charge on any atom is 0.175 e. The fourth-order valence-corrected chi connectivity index (χ4v) is 3.51. The van der Waals surface area contributed by atoms with Crippen molar-refractivity contribution in [3.63, 3.8) is 0 Å². The van der Waals surface area contributed by atoms with Gasteiger partial charge in [0.15, 0.2) is 8.68 Å². The van der Waals surface area contributed by atoms with Gasteiger partial charge in [-0.2, -0.15) is 0 Å². The average molecular weight is 284 g/mol. The summed E-state index contributed by atoms with van der Waals surface area (Å²) < 4.78 is 2.02. The predicted octanol–water partition coefficient (Wildman–Crippen LogP) is 2.99. The van der Waals surface area contributed by atoms with Crippen LogP contribution in [0.4, 0.5) is 5.82 Å². The minimum atomic E-state index is 0.875. The summed E-state index contributed by atoms with van der Waals surface area (Å²) in [5.74, 6) is 1.76. The monoisotopic (exact) mass is 284 g/mol. The first-order valence-corrected chi connectivity index (χ1v) is 7.97. The van der Waals surface area contributed by atoms with Crippen molar-refractivity contribution in [1.29, 1.82) is 0 Å². The van der Waals surface area contributed by atoms with Gasteiger partial charge in [-0.15, -0.1) is 10.2 Å². The molecule has 7 heteroatoms. The molecule has 0 radical (unpaired) electrons. The van der Waals surface area contributed by atoms with Crippen molar-refractivity contribution in [2.75, 3.05) is 18.6 Å². The number of hydrogen-bond donors (Lipinski definition) is 1. The molecule has 90 valence electrons. The van der Waals surface area contributed by atoms with E-state index in [1.54, 1.807) is 34.9 Å². The van der Waals surface area contributed by atoms with Crippen LogP contribution in [0.1, 0.15) is 5.56 Å². The molecule has 17 heavy (non-hydrogen) atoms. The Morgan fingerprint density at radius 3 is 2.71 bits per heavy atom. The quantitative estimate of drug-likeness (QED) is 0.852. The lowest BCUT2D eigenvalue weighted by molar-refractivity contribution is 0.955. The van der Waals surface area contributed by atoms with Gasteiger partial charge in [0, 0.05) is 19.0 Å². The smallest absolute Gasteiger partial charge is 0.175 e. The summed E-state index contributed by atoms with van der Waals surface area (Å²) in [6.45, 7) is 0. The lowest BCUT2D eigenvalue weighted by Crippen LogP contribution is -1.92. The number of pyridine rings is 1. The highest BCUT2D eigenvalue weighted by Crippen LogP contribution is 2.29. The molecule has 0 aliphatic rings. The Bertz CT molecular complexity index is 469. The molecular formula is C10H12N4S3. The minimum Gasteiger partial charge on any atom is -0.373 e. The van der Waals surface area contributed by atoms with E-state index in [1.807, 2.05) is 25.6 Å². The molecule has 0 aliphatic carbocycles. The predicted molar refractivity (Wildman–Crippen MR) is 75.0 cm³/mol. The molecular weight excluding hydrogens is 272 g/mol. The summed E-state index contributed by atoms with van der Waals surface area (Å²) >= 11 is 4.95. The lowest BCUT2D eigenvalue weighted by Gasteiger charge is -2.00. The molecule has 0 fully saturated rings. The molecule has 0 saturated heterocycles. The zero-order valence-corrected chi connectivity index (χ0v) is 12.0. The highest BCUT2D eigenvalue weighted by atomic mass is 32.2. The maximum absolute atomic E-state index is 4.27. The van der Waals surface area contributed by atoms with Gasteiger partial charge >= 0.3 is 0 Å². The largest absolute Gasteiger partial charge is 0.373 e. The SMILES string of the molecule is CNc1ccc(CSc2nnc(SC)s2)cn1. The standard InChI is InChI=1S/C10H12N4S3/c1-11-8-4-3-7(5-12-8)6-16-10-14-13-9(15-2)17-10/h3-5H,6H2,1-2H3,(H,11,12). The second-order valence-corrected chi connectivity index (χ2v) is 6.38. The molecule has 0 saturated carbocycles. The van der Waals surface area contributed by atoms with E-state index in [0.717, 1.165) is 20.3 Å². The number of aromatic nitrogens is 3. The summed E-state index contributed by atoms with van der Waals surface area (Å²) in [4.78, 5) is 4.27. The van der Waals surface area contributed by atoms with E-state index in [-0.39, 0.29) is 0 Å². The molecule has 0 atom stereocenters. The van der Waals surface area contributed by atoms with Gasteiger partial charge in [0.25, 0.3) is 0 Å². The van der Waals surface area contributed by atoms with Gasteiger partial charge in [-0.1, -0.05) is 40.9 Å². The third-order valence-corrected chi connectivity index (χ3v) is 5.11. The summed E-state index contributed by atoms with van der Waals surface area (Å²) in [5, 5.41) is 11.2. The van der Waals surface area contributed by atoms with E-state index in [9.17, 15) is 0 Å². The molecule has 0 aromatic carbocycles. The van der Waals surface area contributed by atoms with Crippen molar-refractivity contribution in [2.45, 2.75) is 14.4 Å². The van der Waals surface area contributed by atoms with Gasteiger partial charge in [-0.3, -0.25) is 0 Å². The van der Waals surface area contributed by atoms with Crippen molar-refractivity contribution >= 4 is 40.7 Å². The molecule has 2 heterocycles. The van der Waals surface area contributed by atoms with Gasteiger partial charge in [-0.25, -0.2) is 4.98 Å². The van der Waals surface area contributed by atoms with E-state index >= 15 is 0 Å². The Labute approximate surface area is 113 Å². The van der Waals surface area contributed by atoms with Gasteiger partial charge in [0.2, 0.25) is 0 Å². The number of anilines is 1. The fraction of sp³-hybridized carbons (Fsp3) is 0.300. The molecule has 2 rings (SSSR count). The van der Waals surface area contributed by atoms with Crippen LogP contribution in [-0.2, 0) is 5.75 Å². The molecule has 1 N–H and O–H groups in total. The number of thioether (sulfide) groups is 2. The Kier molecular flexibility index (Phi) is 4.64.